The molecule has 3 unspecified atom stereocenters. The van der Waals surface area contributed by atoms with Crippen LogP contribution in [0.25, 0.3) is 0 Å². The van der Waals surface area contributed by atoms with Gasteiger partial charge in [-0.3, -0.25) is 4.90 Å². The minimum atomic E-state index is 0.452. The molecule has 21 heavy (non-hydrogen) atoms. The summed E-state index contributed by atoms with van der Waals surface area (Å²) in [5, 5.41) is 3.73. The van der Waals surface area contributed by atoms with Gasteiger partial charge in [-0.05, 0) is 62.4 Å². The number of likely N-dealkylation sites (tertiary alicyclic amines) is 1. The monoisotopic (exact) mass is 294 g/mol. The summed E-state index contributed by atoms with van der Waals surface area (Å²) in [5.41, 5.74) is 0.452. The van der Waals surface area contributed by atoms with Crippen molar-refractivity contribution in [1.82, 2.24) is 10.2 Å². The van der Waals surface area contributed by atoms with Gasteiger partial charge in [-0.25, -0.2) is 0 Å². The van der Waals surface area contributed by atoms with Crippen LogP contribution in [0.3, 0.4) is 0 Å². The van der Waals surface area contributed by atoms with E-state index in [1.165, 1.54) is 64.6 Å². The number of rotatable bonds is 8. The molecule has 0 spiro atoms. The van der Waals surface area contributed by atoms with Gasteiger partial charge < -0.3 is 5.32 Å². The predicted octanol–water partition coefficient (Wildman–Crippen LogP) is 4.30. The molecule has 2 nitrogen and oxygen atoms in total. The molecule has 124 valence electrons. The van der Waals surface area contributed by atoms with Crippen molar-refractivity contribution in [2.45, 2.75) is 78.7 Å². The average Bonchev–Trinajstić information content (AvgIpc) is 2.88. The van der Waals surface area contributed by atoms with Gasteiger partial charge in [0.1, 0.15) is 0 Å². The summed E-state index contributed by atoms with van der Waals surface area (Å²) >= 11 is 0. The maximum atomic E-state index is 3.73. The third-order valence-corrected chi connectivity index (χ3v) is 5.65. The van der Waals surface area contributed by atoms with Gasteiger partial charge in [0.2, 0.25) is 0 Å². The highest BCUT2D eigenvalue weighted by atomic mass is 15.2. The van der Waals surface area contributed by atoms with E-state index < -0.39 is 0 Å². The lowest BCUT2D eigenvalue weighted by Crippen LogP contribution is -2.50. The summed E-state index contributed by atoms with van der Waals surface area (Å²) in [5.74, 6) is 1.78. The number of nitrogens with zero attached hydrogens (tertiary/aromatic N) is 1. The topological polar surface area (TPSA) is 15.3 Å². The van der Waals surface area contributed by atoms with Crippen molar-refractivity contribution in [2.24, 2.45) is 17.3 Å². The Balaban J connectivity index is 1.90. The van der Waals surface area contributed by atoms with E-state index in [1.807, 2.05) is 0 Å². The van der Waals surface area contributed by atoms with Gasteiger partial charge in [0, 0.05) is 19.1 Å². The van der Waals surface area contributed by atoms with Crippen LogP contribution < -0.4 is 5.32 Å². The summed E-state index contributed by atoms with van der Waals surface area (Å²) in [6.45, 7) is 14.5. The Kier molecular flexibility index (Phi) is 6.55. The summed E-state index contributed by atoms with van der Waals surface area (Å²) < 4.78 is 0. The fourth-order valence-electron chi connectivity index (χ4n) is 4.73. The molecule has 3 atom stereocenters. The van der Waals surface area contributed by atoms with Crippen LogP contribution in [-0.4, -0.2) is 37.1 Å². The lowest BCUT2D eigenvalue weighted by molar-refractivity contribution is 0.0604. The lowest BCUT2D eigenvalue weighted by Gasteiger charge is -2.43. The number of hydrogen-bond acceptors (Lipinski definition) is 2. The molecular formula is C19H38N2. The van der Waals surface area contributed by atoms with Crippen LogP contribution in [-0.2, 0) is 0 Å². The Morgan fingerprint density at radius 1 is 1.19 bits per heavy atom. The first-order chi connectivity index (χ1) is 10.0. The zero-order chi connectivity index (χ0) is 15.3. The number of piperidine rings is 1. The lowest BCUT2D eigenvalue weighted by atomic mass is 9.82. The Morgan fingerprint density at radius 2 is 1.95 bits per heavy atom. The van der Waals surface area contributed by atoms with Crippen LogP contribution in [0.2, 0.25) is 0 Å². The second kappa shape index (κ2) is 7.97. The Labute approximate surface area is 133 Å². The van der Waals surface area contributed by atoms with Crippen molar-refractivity contribution in [3.05, 3.63) is 0 Å². The van der Waals surface area contributed by atoms with Crippen LogP contribution >= 0.6 is 0 Å². The van der Waals surface area contributed by atoms with E-state index in [4.69, 9.17) is 0 Å². The largest absolute Gasteiger partial charge is 0.316 e. The van der Waals surface area contributed by atoms with E-state index in [9.17, 15) is 0 Å². The minimum absolute atomic E-state index is 0.452. The van der Waals surface area contributed by atoms with Crippen molar-refractivity contribution in [2.75, 3.05) is 26.2 Å². The third kappa shape index (κ3) is 4.96. The van der Waals surface area contributed by atoms with Gasteiger partial charge in [-0.1, -0.05) is 40.5 Å². The molecule has 2 aliphatic rings. The molecule has 0 bridgehead atoms. The van der Waals surface area contributed by atoms with Crippen LogP contribution in [0.4, 0.5) is 0 Å². The predicted molar refractivity (Wildman–Crippen MR) is 92.7 cm³/mol. The zero-order valence-electron chi connectivity index (χ0n) is 15.0. The van der Waals surface area contributed by atoms with E-state index in [0.29, 0.717) is 5.41 Å². The Bertz CT molecular complexity index is 302. The van der Waals surface area contributed by atoms with Crippen molar-refractivity contribution >= 4 is 0 Å². The van der Waals surface area contributed by atoms with E-state index in [2.05, 4.69) is 37.9 Å². The highest BCUT2D eigenvalue weighted by Gasteiger charge is 2.37. The third-order valence-electron chi connectivity index (χ3n) is 5.65. The van der Waals surface area contributed by atoms with E-state index in [-0.39, 0.29) is 0 Å². The molecule has 0 aromatic carbocycles. The van der Waals surface area contributed by atoms with Gasteiger partial charge in [0.25, 0.3) is 0 Å². The Hall–Kier alpha value is -0.0800. The maximum absolute atomic E-state index is 3.73. The number of hydrogen-bond donors (Lipinski definition) is 1. The molecule has 2 heteroatoms. The summed E-state index contributed by atoms with van der Waals surface area (Å²) in [7, 11) is 0. The van der Waals surface area contributed by atoms with Crippen LogP contribution in [0.15, 0.2) is 0 Å². The highest BCUT2D eigenvalue weighted by molar-refractivity contribution is 4.92. The van der Waals surface area contributed by atoms with Crippen LogP contribution in [0.5, 0.6) is 0 Å². The first kappa shape index (κ1) is 17.3. The van der Waals surface area contributed by atoms with Gasteiger partial charge in [-0.15, -0.1) is 0 Å². The zero-order valence-corrected chi connectivity index (χ0v) is 15.0. The van der Waals surface area contributed by atoms with Crippen molar-refractivity contribution in [3.8, 4) is 0 Å². The first-order valence-corrected chi connectivity index (χ1v) is 9.49. The molecule has 0 radical (unpaired) electrons. The molecular weight excluding hydrogens is 256 g/mol. The molecule has 1 aliphatic carbocycles. The first-order valence-electron chi connectivity index (χ1n) is 9.49. The summed E-state index contributed by atoms with van der Waals surface area (Å²) in [4.78, 5) is 2.87. The standard InChI is InChI=1S/C19H38N2/c1-5-11-19(4,14-20-13-16(2)3)15-21-12-7-9-17-8-6-10-18(17)21/h16-18,20H,5-15H2,1-4H3. The van der Waals surface area contributed by atoms with Gasteiger partial charge in [0.05, 0.1) is 0 Å². The SMILES string of the molecule is CCCC(C)(CNCC(C)C)CN1CCCC2CCCC21. The molecule has 0 aromatic rings. The van der Waals surface area contributed by atoms with Crippen molar-refractivity contribution in [3.63, 3.8) is 0 Å². The van der Waals surface area contributed by atoms with Gasteiger partial charge >= 0.3 is 0 Å². The van der Waals surface area contributed by atoms with Crippen LogP contribution in [0.1, 0.15) is 72.6 Å². The quantitative estimate of drug-likeness (QED) is 0.718. The minimum Gasteiger partial charge on any atom is -0.316 e. The number of nitrogens with one attached hydrogen (secondary N) is 1. The molecule has 1 saturated carbocycles. The maximum Gasteiger partial charge on any atom is 0.0124 e. The van der Waals surface area contributed by atoms with E-state index in [1.54, 1.807) is 0 Å². The highest BCUT2D eigenvalue weighted by Crippen LogP contribution is 2.38. The number of fused-ring (bicyclic) bond motifs is 1. The normalized spacial score (nSPS) is 29.6. The van der Waals surface area contributed by atoms with Crippen molar-refractivity contribution in [1.29, 1.82) is 0 Å². The van der Waals surface area contributed by atoms with E-state index >= 15 is 0 Å². The van der Waals surface area contributed by atoms with Crippen molar-refractivity contribution < 1.29 is 0 Å². The molecule has 0 amide bonds. The molecule has 2 rings (SSSR count). The summed E-state index contributed by atoms with van der Waals surface area (Å²) in [6.07, 6.45) is 10.0. The van der Waals surface area contributed by atoms with Crippen LogP contribution in [0, 0.1) is 17.3 Å². The Morgan fingerprint density at radius 3 is 2.67 bits per heavy atom. The fourth-order valence-corrected chi connectivity index (χ4v) is 4.73. The molecule has 1 N–H and O–H groups in total. The molecule has 1 saturated heterocycles. The molecule has 0 aromatic heterocycles. The average molecular weight is 295 g/mol. The molecule has 1 heterocycles. The smallest absolute Gasteiger partial charge is 0.0124 e. The summed E-state index contributed by atoms with van der Waals surface area (Å²) in [6, 6.07) is 0.917. The molecule has 2 fully saturated rings. The van der Waals surface area contributed by atoms with Gasteiger partial charge in [0.15, 0.2) is 0 Å². The molecule has 1 aliphatic heterocycles. The van der Waals surface area contributed by atoms with Gasteiger partial charge in [-0.2, -0.15) is 0 Å². The second-order valence-electron chi connectivity index (χ2n) is 8.46. The van der Waals surface area contributed by atoms with E-state index in [0.717, 1.165) is 24.4 Å². The second-order valence-corrected chi connectivity index (χ2v) is 8.46. The fraction of sp³-hybridized carbons (Fsp3) is 1.00.